The van der Waals surface area contributed by atoms with E-state index in [2.05, 4.69) is 50.3 Å². The molecule has 0 saturated carbocycles. The van der Waals surface area contributed by atoms with Crippen molar-refractivity contribution in [1.82, 2.24) is 19.9 Å². The number of nitrogens with zero attached hydrogens (tertiary/aromatic N) is 2. The molecule has 3 N–H and O–H groups in total. The van der Waals surface area contributed by atoms with E-state index in [0.29, 0.717) is 6.54 Å². The SMILES string of the molecule is OCCNCc1cccc2c1ccn2Cc1cnc[nH]1. The molecule has 5 nitrogen and oxygen atoms in total. The number of hydrogen-bond donors (Lipinski definition) is 3. The lowest BCUT2D eigenvalue weighted by molar-refractivity contribution is 0.292. The van der Waals surface area contributed by atoms with E-state index in [1.165, 1.54) is 16.5 Å². The van der Waals surface area contributed by atoms with Crippen molar-refractivity contribution >= 4 is 10.9 Å². The lowest BCUT2D eigenvalue weighted by Gasteiger charge is -2.07. The van der Waals surface area contributed by atoms with Gasteiger partial charge in [0.1, 0.15) is 0 Å². The number of aromatic amines is 1. The minimum Gasteiger partial charge on any atom is -0.395 e. The fourth-order valence-electron chi connectivity index (χ4n) is 2.44. The van der Waals surface area contributed by atoms with E-state index in [4.69, 9.17) is 5.11 Å². The molecular formula is C15H18N4O. The molecule has 0 aliphatic heterocycles. The first kappa shape index (κ1) is 12.9. The predicted molar refractivity (Wildman–Crippen MR) is 78.4 cm³/mol. The number of nitrogens with one attached hydrogen (secondary N) is 2. The van der Waals surface area contributed by atoms with Gasteiger partial charge in [-0.05, 0) is 17.7 Å². The summed E-state index contributed by atoms with van der Waals surface area (Å²) in [6, 6.07) is 8.46. The highest BCUT2D eigenvalue weighted by Gasteiger charge is 2.06. The summed E-state index contributed by atoms with van der Waals surface area (Å²) in [6.45, 7) is 2.34. The summed E-state index contributed by atoms with van der Waals surface area (Å²) in [5, 5.41) is 13.3. The molecule has 0 atom stereocenters. The molecule has 0 unspecified atom stereocenters. The zero-order chi connectivity index (χ0) is 13.8. The van der Waals surface area contributed by atoms with Crippen molar-refractivity contribution in [3.8, 4) is 0 Å². The van der Waals surface area contributed by atoms with Crippen molar-refractivity contribution < 1.29 is 5.11 Å². The average molecular weight is 270 g/mol. The van der Waals surface area contributed by atoms with Crippen molar-refractivity contribution in [1.29, 1.82) is 0 Å². The van der Waals surface area contributed by atoms with Gasteiger partial charge >= 0.3 is 0 Å². The van der Waals surface area contributed by atoms with Crippen LogP contribution in [0.3, 0.4) is 0 Å². The molecule has 2 aromatic heterocycles. The highest BCUT2D eigenvalue weighted by atomic mass is 16.3. The second kappa shape index (κ2) is 5.90. The molecule has 3 aromatic rings. The Bertz CT molecular complexity index is 672. The fourth-order valence-corrected chi connectivity index (χ4v) is 2.44. The standard InChI is InChI=1S/C15H18N4O/c20-7-5-16-8-12-2-1-3-15-14(12)4-6-19(15)10-13-9-17-11-18-13/h1-4,6,9,11,16,20H,5,7-8,10H2,(H,17,18). The van der Waals surface area contributed by atoms with E-state index in [-0.39, 0.29) is 6.61 Å². The largest absolute Gasteiger partial charge is 0.395 e. The topological polar surface area (TPSA) is 65.9 Å². The number of hydrogen-bond acceptors (Lipinski definition) is 3. The van der Waals surface area contributed by atoms with Crippen LogP contribution in [0.25, 0.3) is 10.9 Å². The Hall–Kier alpha value is -2.11. The Labute approximate surface area is 117 Å². The Morgan fingerprint density at radius 2 is 2.25 bits per heavy atom. The van der Waals surface area contributed by atoms with Gasteiger partial charge in [-0.2, -0.15) is 0 Å². The Balaban J connectivity index is 1.87. The van der Waals surface area contributed by atoms with Gasteiger partial charge in [0.25, 0.3) is 0 Å². The first-order valence-electron chi connectivity index (χ1n) is 6.74. The van der Waals surface area contributed by atoms with Gasteiger partial charge in [-0.15, -0.1) is 0 Å². The van der Waals surface area contributed by atoms with Gasteiger partial charge < -0.3 is 20.0 Å². The number of aliphatic hydroxyl groups excluding tert-OH is 1. The van der Waals surface area contributed by atoms with Crippen LogP contribution < -0.4 is 5.32 Å². The van der Waals surface area contributed by atoms with Crippen molar-refractivity contribution in [2.75, 3.05) is 13.2 Å². The predicted octanol–water partition coefficient (Wildman–Crippen LogP) is 1.49. The first-order valence-corrected chi connectivity index (χ1v) is 6.74. The molecule has 0 fully saturated rings. The van der Waals surface area contributed by atoms with Crippen molar-refractivity contribution in [2.24, 2.45) is 0 Å². The zero-order valence-corrected chi connectivity index (χ0v) is 11.2. The maximum absolute atomic E-state index is 8.83. The lowest BCUT2D eigenvalue weighted by Crippen LogP contribution is -2.17. The monoisotopic (exact) mass is 270 g/mol. The van der Waals surface area contributed by atoms with Gasteiger partial charge in [0, 0.05) is 36.4 Å². The molecule has 0 bridgehead atoms. The maximum Gasteiger partial charge on any atom is 0.0922 e. The van der Waals surface area contributed by atoms with Gasteiger partial charge in [-0.1, -0.05) is 12.1 Å². The molecule has 20 heavy (non-hydrogen) atoms. The minimum absolute atomic E-state index is 0.164. The summed E-state index contributed by atoms with van der Waals surface area (Å²) in [6.07, 6.45) is 5.64. The van der Waals surface area contributed by atoms with Crippen LogP contribution in [0, 0.1) is 0 Å². The van der Waals surface area contributed by atoms with Gasteiger partial charge in [-0.25, -0.2) is 4.98 Å². The molecule has 0 radical (unpaired) electrons. The van der Waals surface area contributed by atoms with Gasteiger partial charge in [0.05, 0.1) is 25.2 Å². The van der Waals surface area contributed by atoms with Crippen LogP contribution in [-0.4, -0.2) is 32.8 Å². The maximum atomic E-state index is 8.83. The zero-order valence-electron chi connectivity index (χ0n) is 11.2. The fraction of sp³-hybridized carbons (Fsp3) is 0.267. The van der Waals surface area contributed by atoms with Gasteiger partial charge in [0.15, 0.2) is 0 Å². The molecule has 0 amide bonds. The molecule has 2 heterocycles. The summed E-state index contributed by atoms with van der Waals surface area (Å²) in [7, 11) is 0. The molecule has 5 heteroatoms. The number of rotatable bonds is 6. The molecule has 1 aromatic carbocycles. The third-order valence-electron chi connectivity index (χ3n) is 3.40. The van der Waals surface area contributed by atoms with E-state index in [0.717, 1.165) is 18.8 Å². The van der Waals surface area contributed by atoms with Gasteiger partial charge in [0.2, 0.25) is 0 Å². The summed E-state index contributed by atoms with van der Waals surface area (Å²) in [5.41, 5.74) is 3.55. The molecular weight excluding hydrogens is 252 g/mol. The van der Waals surface area contributed by atoms with Crippen LogP contribution in [0.5, 0.6) is 0 Å². The summed E-state index contributed by atoms with van der Waals surface area (Å²) in [5.74, 6) is 0. The highest BCUT2D eigenvalue weighted by Crippen LogP contribution is 2.21. The summed E-state index contributed by atoms with van der Waals surface area (Å²) >= 11 is 0. The van der Waals surface area contributed by atoms with Crippen molar-refractivity contribution in [2.45, 2.75) is 13.1 Å². The van der Waals surface area contributed by atoms with E-state index >= 15 is 0 Å². The molecule has 3 rings (SSSR count). The Kier molecular flexibility index (Phi) is 3.80. The van der Waals surface area contributed by atoms with E-state index < -0.39 is 0 Å². The molecule has 104 valence electrons. The van der Waals surface area contributed by atoms with Crippen molar-refractivity contribution in [3.05, 3.63) is 54.2 Å². The third kappa shape index (κ3) is 2.59. The van der Waals surface area contributed by atoms with E-state index in [1.54, 1.807) is 6.33 Å². The van der Waals surface area contributed by atoms with E-state index in [1.807, 2.05) is 6.20 Å². The van der Waals surface area contributed by atoms with Crippen molar-refractivity contribution in [3.63, 3.8) is 0 Å². The van der Waals surface area contributed by atoms with Crippen LogP contribution in [0.1, 0.15) is 11.3 Å². The summed E-state index contributed by atoms with van der Waals surface area (Å²) in [4.78, 5) is 7.17. The second-order valence-electron chi connectivity index (χ2n) is 4.77. The smallest absolute Gasteiger partial charge is 0.0922 e. The quantitative estimate of drug-likeness (QED) is 0.595. The van der Waals surface area contributed by atoms with Crippen LogP contribution in [0.15, 0.2) is 43.0 Å². The molecule has 0 aliphatic carbocycles. The average Bonchev–Trinajstić information content (AvgIpc) is 3.11. The second-order valence-corrected chi connectivity index (χ2v) is 4.77. The van der Waals surface area contributed by atoms with Gasteiger partial charge in [-0.3, -0.25) is 0 Å². The molecule has 0 saturated heterocycles. The highest BCUT2D eigenvalue weighted by molar-refractivity contribution is 5.83. The Morgan fingerprint density at radius 3 is 3.05 bits per heavy atom. The van der Waals surface area contributed by atoms with E-state index in [9.17, 15) is 0 Å². The number of fused-ring (bicyclic) bond motifs is 1. The lowest BCUT2D eigenvalue weighted by atomic mass is 10.1. The number of H-pyrrole nitrogens is 1. The minimum atomic E-state index is 0.164. The third-order valence-corrected chi connectivity index (χ3v) is 3.40. The number of aromatic nitrogens is 3. The first-order chi connectivity index (χ1) is 9.88. The Morgan fingerprint density at radius 1 is 1.30 bits per heavy atom. The number of benzene rings is 1. The number of imidazole rings is 1. The van der Waals surface area contributed by atoms with Crippen LogP contribution in [-0.2, 0) is 13.1 Å². The van der Waals surface area contributed by atoms with Crippen LogP contribution >= 0.6 is 0 Å². The van der Waals surface area contributed by atoms with Crippen LogP contribution in [0.2, 0.25) is 0 Å². The molecule has 0 aliphatic rings. The molecule has 0 spiro atoms. The normalized spacial score (nSPS) is 11.2. The summed E-state index contributed by atoms with van der Waals surface area (Å²) < 4.78 is 2.21. The van der Waals surface area contributed by atoms with Crippen LogP contribution in [0.4, 0.5) is 0 Å². The number of aliphatic hydroxyl groups is 1.